The van der Waals surface area contributed by atoms with Gasteiger partial charge in [0.05, 0.1) is 18.0 Å². The second kappa shape index (κ2) is 5.15. The van der Waals surface area contributed by atoms with E-state index in [9.17, 15) is 9.59 Å². The molecule has 3 aliphatic rings. The molecule has 3 heterocycles. The highest BCUT2D eigenvalue weighted by atomic mass is 16.6. The first-order chi connectivity index (χ1) is 11.1. The highest BCUT2D eigenvalue weighted by Crippen LogP contribution is 2.50. The Hall–Kier alpha value is -2.24. The number of carbonyl (C=O) groups is 2. The molecule has 1 saturated heterocycles. The SMILES string of the molecule is CCOC(=O)N1CC[C@H]2[C@@H](C1)c1cccc3c1N2C(C)C(=O)N3. The first kappa shape index (κ1) is 14.4. The number of para-hydroxylation sites is 1. The Morgan fingerprint density at radius 3 is 3.04 bits per heavy atom. The largest absolute Gasteiger partial charge is 0.450 e. The van der Waals surface area contributed by atoms with Crippen molar-refractivity contribution in [2.45, 2.75) is 38.3 Å². The summed E-state index contributed by atoms with van der Waals surface area (Å²) in [5.74, 6) is 0.279. The van der Waals surface area contributed by atoms with E-state index in [2.05, 4.69) is 16.3 Å². The van der Waals surface area contributed by atoms with Gasteiger partial charge in [-0.05, 0) is 31.9 Å². The van der Waals surface area contributed by atoms with Crippen molar-refractivity contribution in [3.8, 4) is 0 Å². The van der Waals surface area contributed by atoms with Gasteiger partial charge >= 0.3 is 6.09 Å². The van der Waals surface area contributed by atoms with Gasteiger partial charge in [-0.2, -0.15) is 0 Å². The molecule has 2 amide bonds. The van der Waals surface area contributed by atoms with Crippen molar-refractivity contribution in [1.82, 2.24) is 4.90 Å². The van der Waals surface area contributed by atoms with Crippen LogP contribution in [0.3, 0.4) is 0 Å². The molecule has 0 radical (unpaired) electrons. The molecule has 0 bridgehead atoms. The summed E-state index contributed by atoms with van der Waals surface area (Å²) >= 11 is 0. The van der Waals surface area contributed by atoms with Crippen LogP contribution in [0.25, 0.3) is 0 Å². The lowest BCUT2D eigenvalue weighted by Gasteiger charge is -2.42. The molecule has 0 aliphatic carbocycles. The van der Waals surface area contributed by atoms with Gasteiger partial charge < -0.3 is 19.9 Å². The van der Waals surface area contributed by atoms with Crippen LogP contribution in [0, 0.1) is 0 Å². The number of nitrogens with zero attached hydrogens (tertiary/aromatic N) is 2. The minimum Gasteiger partial charge on any atom is -0.450 e. The van der Waals surface area contributed by atoms with Crippen molar-refractivity contribution in [1.29, 1.82) is 0 Å². The molecule has 0 saturated carbocycles. The lowest BCUT2D eigenvalue weighted by molar-refractivity contribution is -0.117. The molecule has 0 aromatic heterocycles. The third-order valence-corrected chi connectivity index (χ3v) is 5.24. The fraction of sp³-hybridized carbons (Fsp3) is 0.529. The number of nitrogens with one attached hydrogen (secondary N) is 1. The Balaban J connectivity index is 1.70. The molecule has 1 aromatic carbocycles. The van der Waals surface area contributed by atoms with Crippen molar-refractivity contribution in [3.63, 3.8) is 0 Å². The Labute approximate surface area is 135 Å². The van der Waals surface area contributed by atoms with E-state index in [1.807, 2.05) is 26.0 Å². The molecule has 1 N–H and O–H groups in total. The second-order valence-corrected chi connectivity index (χ2v) is 6.42. The molecule has 6 heteroatoms. The highest BCUT2D eigenvalue weighted by Gasteiger charge is 2.48. The summed E-state index contributed by atoms with van der Waals surface area (Å²) in [5, 5.41) is 3.00. The van der Waals surface area contributed by atoms with Crippen LogP contribution in [0.5, 0.6) is 0 Å². The maximum absolute atomic E-state index is 12.2. The summed E-state index contributed by atoms with van der Waals surface area (Å²) in [4.78, 5) is 28.4. The zero-order valence-corrected chi connectivity index (χ0v) is 13.4. The van der Waals surface area contributed by atoms with Crippen molar-refractivity contribution >= 4 is 23.4 Å². The average molecular weight is 315 g/mol. The molecule has 1 unspecified atom stereocenters. The lowest BCUT2D eigenvalue weighted by Crippen LogP contribution is -2.54. The van der Waals surface area contributed by atoms with Gasteiger partial charge in [0, 0.05) is 25.0 Å². The molecule has 3 aliphatic heterocycles. The molecule has 6 nitrogen and oxygen atoms in total. The van der Waals surface area contributed by atoms with Gasteiger partial charge in [-0.1, -0.05) is 12.1 Å². The molecule has 3 atom stereocenters. The fourth-order valence-electron chi connectivity index (χ4n) is 4.22. The minimum absolute atomic E-state index is 0.0446. The number of carbonyl (C=O) groups excluding carboxylic acids is 2. The number of anilines is 2. The third kappa shape index (κ3) is 2.00. The highest BCUT2D eigenvalue weighted by molar-refractivity contribution is 6.05. The van der Waals surface area contributed by atoms with E-state index in [-0.39, 0.29) is 30.0 Å². The van der Waals surface area contributed by atoms with Gasteiger partial charge in [-0.3, -0.25) is 4.79 Å². The van der Waals surface area contributed by atoms with E-state index in [0.29, 0.717) is 19.7 Å². The van der Waals surface area contributed by atoms with E-state index < -0.39 is 0 Å². The summed E-state index contributed by atoms with van der Waals surface area (Å²) in [6.45, 7) is 5.50. The van der Waals surface area contributed by atoms with Gasteiger partial charge in [0.25, 0.3) is 0 Å². The zero-order valence-electron chi connectivity index (χ0n) is 13.4. The van der Waals surface area contributed by atoms with E-state index in [1.54, 1.807) is 4.90 Å². The topological polar surface area (TPSA) is 61.9 Å². The first-order valence-corrected chi connectivity index (χ1v) is 8.25. The van der Waals surface area contributed by atoms with Crippen LogP contribution >= 0.6 is 0 Å². The molecule has 122 valence electrons. The van der Waals surface area contributed by atoms with Crippen LogP contribution in [-0.4, -0.2) is 48.7 Å². The fourth-order valence-corrected chi connectivity index (χ4v) is 4.22. The van der Waals surface area contributed by atoms with Gasteiger partial charge in [0.15, 0.2) is 0 Å². The molecular formula is C17H21N3O3. The lowest BCUT2D eigenvalue weighted by atomic mass is 9.89. The standard InChI is InChI=1S/C17H21N3O3/c1-3-23-17(22)19-8-7-14-12(9-19)11-5-4-6-13-15(11)20(14)10(2)16(21)18-13/h4-6,10,12,14H,3,7-9H2,1-2H3,(H,18,21)/t10?,12-,14-/m0/s1. The van der Waals surface area contributed by atoms with Crippen LogP contribution in [-0.2, 0) is 9.53 Å². The smallest absolute Gasteiger partial charge is 0.409 e. The second-order valence-electron chi connectivity index (χ2n) is 6.42. The summed E-state index contributed by atoms with van der Waals surface area (Å²) in [5.41, 5.74) is 3.26. The number of hydrogen-bond donors (Lipinski definition) is 1. The van der Waals surface area contributed by atoms with Crippen LogP contribution in [0.15, 0.2) is 18.2 Å². The number of hydrogen-bond acceptors (Lipinski definition) is 4. The average Bonchev–Trinajstić information content (AvgIpc) is 2.88. The van der Waals surface area contributed by atoms with Crippen LogP contribution in [0.1, 0.15) is 31.7 Å². The van der Waals surface area contributed by atoms with Crippen LogP contribution in [0.4, 0.5) is 16.2 Å². The summed E-state index contributed by atoms with van der Waals surface area (Å²) in [6.07, 6.45) is 0.620. The van der Waals surface area contributed by atoms with Gasteiger partial charge in [0.1, 0.15) is 6.04 Å². The first-order valence-electron chi connectivity index (χ1n) is 8.25. The van der Waals surface area contributed by atoms with E-state index in [1.165, 1.54) is 5.56 Å². The van der Waals surface area contributed by atoms with Crippen molar-refractivity contribution in [2.24, 2.45) is 0 Å². The number of fused-ring (bicyclic) bond motifs is 3. The zero-order chi connectivity index (χ0) is 16.1. The predicted molar refractivity (Wildman–Crippen MR) is 86.8 cm³/mol. The predicted octanol–water partition coefficient (Wildman–Crippen LogP) is 2.16. The van der Waals surface area contributed by atoms with Crippen LogP contribution < -0.4 is 10.2 Å². The number of amides is 2. The summed E-state index contributed by atoms with van der Waals surface area (Å²) in [6, 6.07) is 6.16. The van der Waals surface area contributed by atoms with E-state index in [4.69, 9.17) is 4.74 Å². The normalized spacial score (nSPS) is 28.1. The molecule has 4 rings (SSSR count). The van der Waals surface area contributed by atoms with Gasteiger partial charge in [-0.25, -0.2) is 4.79 Å². The molecule has 23 heavy (non-hydrogen) atoms. The van der Waals surface area contributed by atoms with E-state index >= 15 is 0 Å². The summed E-state index contributed by atoms with van der Waals surface area (Å²) in [7, 11) is 0. The van der Waals surface area contributed by atoms with Crippen molar-refractivity contribution < 1.29 is 14.3 Å². The van der Waals surface area contributed by atoms with Crippen molar-refractivity contribution in [2.75, 3.05) is 29.9 Å². The number of rotatable bonds is 1. The van der Waals surface area contributed by atoms with Gasteiger partial charge in [-0.15, -0.1) is 0 Å². The summed E-state index contributed by atoms with van der Waals surface area (Å²) < 4.78 is 5.15. The third-order valence-electron chi connectivity index (χ3n) is 5.24. The monoisotopic (exact) mass is 315 g/mol. The number of ether oxygens (including phenoxy) is 1. The maximum Gasteiger partial charge on any atom is 0.409 e. The molecular weight excluding hydrogens is 294 g/mol. The number of benzene rings is 1. The van der Waals surface area contributed by atoms with E-state index in [0.717, 1.165) is 17.8 Å². The van der Waals surface area contributed by atoms with Gasteiger partial charge in [0.2, 0.25) is 5.91 Å². The quantitative estimate of drug-likeness (QED) is 0.863. The Morgan fingerprint density at radius 2 is 2.26 bits per heavy atom. The van der Waals surface area contributed by atoms with Crippen LogP contribution in [0.2, 0.25) is 0 Å². The Morgan fingerprint density at radius 1 is 1.43 bits per heavy atom. The maximum atomic E-state index is 12.2. The molecule has 1 fully saturated rings. The number of piperidine rings is 1. The Bertz CT molecular complexity index is 675. The minimum atomic E-state index is -0.237. The van der Waals surface area contributed by atoms with Crippen molar-refractivity contribution in [3.05, 3.63) is 23.8 Å². The Kier molecular flexibility index (Phi) is 3.21. The molecule has 0 spiro atoms. The number of likely N-dealkylation sites (tertiary alicyclic amines) is 1. The molecule has 1 aromatic rings.